The molecule has 2 rings (SSSR count). The highest BCUT2D eigenvalue weighted by atomic mass is 16.3. The molecule has 0 aliphatic carbocycles. The molecule has 0 fully saturated rings. The van der Waals surface area contributed by atoms with Gasteiger partial charge in [0.25, 0.3) is 0 Å². The summed E-state index contributed by atoms with van der Waals surface area (Å²) in [4.78, 5) is 11.5. The Hall–Kier alpha value is -2.42. The van der Waals surface area contributed by atoms with Crippen LogP contribution in [0.5, 0.6) is 0 Å². The molecule has 0 aliphatic heterocycles. The summed E-state index contributed by atoms with van der Waals surface area (Å²) in [7, 11) is 0. The Balaban J connectivity index is 2.50. The van der Waals surface area contributed by atoms with Crippen molar-refractivity contribution in [3.05, 3.63) is 41.5 Å². The molecule has 2 aromatic rings. The summed E-state index contributed by atoms with van der Waals surface area (Å²) in [6, 6.07) is 10.7. The number of rotatable bonds is 4. The molecule has 0 spiro atoms. The fourth-order valence-corrected chi connectivity index (χ4v) is 2.08. The molecule has 1 amide bonds. The number of carbonyl (C=O) groups is 1. The second-order valence-electron chi connectivity index (χ2n) is 4.35. The number of fused-ring (bicyclic) bond motifs is 1. The van der Waals surface area contributed by atoms with Crippen LogP contribution < -0.4 is 5.32 Å². The molecule has 0 unspecified atom stereocenters. The number of nitriles is 1. The van der Waals surface area contributed by atoms with E-state index in [9.17, 15) is 15.0 Å². The van der Waals surface area contributed by atoms with Crippen molar-refractivity contribution in [1.82, 2.24) is 0 Å². The lowest BCUT2D eigenvalue weighted by molar-refractivity contribution is -0.115. The van der Waals surface area contributed by atoms with Crippen molar-refractivity contribution in [3.8, 4) is 6.07 Å². The standard InChI is InChI=1S/C15H14N2O3/c16-6-5-15(20)17-14-4-3-11-2-1-10(8-18)7-12(11)13(14)9-19/h1-4,7,18-19H,5,8-9H2,(H,17,20). The van der Waals surface area contributed by atoms with Gasteiger partial charge in [0.1, 0.15) is 6.42 Å². The minimum Gasteiger partial charge on any atom is -0.392 e. The molecule has 2 aromatic carbocycles. The Morgan fingerprint density at radius 1 is 1.20 bits per heavy atom. The summed E-state index contributed by atoms with van der Waals surface area (Å²) in [6.07, 6.45) is -0.237. The lowest BCUT2D eigenvalue weighted by Gasteiger charge is -2.12. The summed E-state index contributed by atoms with van der Waals surface area (Å²) in [5.41, 5.74) is 1.78. The SMILES string of the molecule is N#CCC(=O)Nc1ccc2ccc(CO)cc2c1CO. The summed E-state index contributed by atoms with van der Waals surface area (Å²) < 4.78 is 0. The van der Waals surface area contributed by atoms with Crippen LogP contribution in [-0.4, -0.2) is 16.1 Å². The van der Waals surface area contributed by atoms with Gasteiger partial charge in [-0.15, -0.1) is 0 Å². The number of benzene rings is 2. The fourth-order valence-electron chi connectivity index (χ4n) is 2.08. The number of amides is 1. The fraction of sp³-hybridized carbons (Fsp3) is 0.200. The van der Waals surface area contributed by atoms with E-state index in [1.54, 1.807) is 24.3 Å². The number of nitrogens with one attached hydrogen (secondary N) is 1. The second kappa shape index (κ2) is 6.15. The zero-order chi connectivity index (χ0) is 14.5. The molecule has 0 bridgehead atoms. The third kappa shape index (κ3) is 2.77. The Morgan fingerprint density at radius 3 is 2.60 bits per heavy atom. The van der Waals surface area contributed by atoms with Crippen LogP contribution in [0.1, 0.15) is 17.5 Å². The lowest BCUT2D eigenvalue weighted by atomic mass is 10.0. The smallest absolute Gasteiger partial charge is 0.238 e. The van der Waals surface area contributed by atoms with Crippen LogP contribution in [0.25, 0.3) is 10.8 Å². The molecular weight excluding hydrogens is 256 g/mol. The van der Waals surface area contributed by atoms with Gasteiger partial charge in [0, 0.05) is 11.3 Å². The van der Waals surface area contributed by atoms with E-state index >= 15 is 0 Å². The Bertz CT molecular complexity index is 689. The van der Waals surface area contributed by atoms with Gasteiger partial charge in [0.15, 0.2) is 0 Å². The van der Waals surface area contributed by atoms with Gasteiger partial charge in [-0.3, -0.25) is 4.79 Å². The topological polar surface area (TPSA) is 93.4 Å². The number of nitrogens with zero attached hydrogens (tertiary/aromatic N) is 1. The van der Waals surface area contributed by atoms with Crippen molar-refractivity contribution >= 4 is 22.4 Å². The molecule has 0 saturated heterocycles. The highest BCUT2D eigenvalue weighted by Crippen LogP contribution is 2.27. The molecule has 102 valence electrons. The third-order valence-corrected chi connectivity index (χ3v) is 3.05. The predicted molar refractivity (Wildman–Crippen MR) is 74.7 cm³/mol. The summed E-state index contributed by atoms with van der Waals surface area (Å²) in [6.45, 7) is -0.333. The largest absolute Gasteiger partial charge is 0.392 e. The van der Waals surface area contributed by atoms with Crippen molar-refractivity contribution in [2.45, 2.75) is 19.6 Å². The number of hydrogen-bond acceptors (Lipinski definition) is 4. The van der Waals surface area contributed by atoms with E-state index in [1.807, 2.05) is 12.1 Å². The van der Waals surface area contributed by atoms with Gasteiger partial charge in [-0.25, -0.2) is 0 Å². The number of aliphatic hydroxyl groups is 2. The van der Waals surface area contributed by atoms with Crippen molar-refractivity contribution < 1.29 is 15.0 Å². The number of carbonyl (C=O) groups excluding carboxylic acids is 1. The summed E-state index contributed by atoms with van der Waals surface area (Å²) >= 11 is 0. The van der Waals surface area contributed by atoms with Crippen molar-refractivity contribution in [2.24, 2.45) is 0 Å². The minimum absolute atomic E-state index is 0.0914. The van der Waals surface area contributed by atoms with Crippen LogP contribution >= 0.6 is 0 Å². The minimum atomic E-state index is -0.417. The molecule has 0 aliphatic rings. The first-order valence-electron chi connectivity index (χ1n) is 6.12. The maximum Gasteiger partial charge on any atom is 0.238 e. The lowest BCUT2D eigenvalue weighted by Crippen LogP contribution is -2.12. The van der Waals surface area contributed by atoms with Gasteiger partial charge in [-0.05, 0) is 28.5 Å². The van der Waals surface area contributed by atoms with Gasteiger partial charge in [-0.1, -0.05) is 18.2 Å². The Kier molecular flexibility index (Phi) is 4.31. The van der Waals surface area contributed by atoms with E-state index in [4.69, 9.17) is 5.26 Å². The van der Waals surface area contributed by atoms with Crippen LogP contribution in [-0.2, 0) is 18.0 Å². The first kappa shape index (κ1) is 14.0. The number of anilines is 1. The molecule has 0 heterocycles. The molecular formula is C15H14N2O3. The van der Waals surface area contributed by atoms with Crippen LogP contribution in [0.3, 0.4) is 0 Å². The van der Waals surface area contributed by atoms with E-state index in [2.05, 4.69) is 5.32 Å². The van der Waals surface area contributed by atoms with E-state index in [1.165, 1.54) is 0 Å². The normalized spacial score (nSPS) is 10.2. The molecule has 5 nitrogen and oxygen atoms in total. The maximum atomic E-state index is 11.5. The quantitative estimate of drug-likeness (QED) is 0.788. The van der Waals surface area contributed by atoms with Gasteiger partial charge in [-0.2, -0.15) is 5.26 Å². The average molecular weight is 270 g/mol. The van der Waals surface area contributed by atoms with E-state index in [0.29, 0.717) is 11.3 Å². The predicted octanol–water partition coefficient (Wildman–Crippen LogP) is 1.68. The monoisotopic (exact) mass is 270 g/mol. The third-order valence-electron chi connectivity index (χ3n) is 3.05. The highest BCUT2D eigenvalue weighted by Gasteiger charge is 2.10. The first-order valence-corrected chi connectivity index (χ1v) is 6.12. The van der Waals surface area contributed by atoms with Crippen LogP contribution in [0.4, 0.5) is 5.69 Å². The van der Waals surface area contributed by atoms with Crippen molar-refractivity contribution in [3.63, 3.8) is 0 Å². The van der Waals surface area contributed by atoms with E-state index in [-0.39, 0.29) is 19.6 Å². The molecule has 0 atom stereocenters. The maximum absolute atomic E-state index is 11.5. The second-order valence-corrected chi connectivity index (χ2v) is 4.35. The van der Waals surface area contributed by atoms with E-state index in [0.717, 1.165) is 16.3 Å². The summed E-state index contributed by atoms with van der Waals surface area (Å²) in [5.74, 6) is -0.417. The van der Waals surface area contributed by atoms with E-state index < -0.39 is 5.91 Å². The van der Waals surface area contributed by atoms with Crippen molar-refractivity contribution in [1.29, 1.82) is 5.26 Å². The molecule has 0 radical (unpaired) electrons. The van der Waals surface area contributed by atoms with Crippen LogP contribution in [0, 0.1) is 11.3 Å². The average Bonchev–Trinajstić information content (AvgIpc) is 2.46. The molecule has 0 saturated carbocycles. The van der Waals surface area contributed by atoms with Gasteiger partial charge in [0.05, 0.1) is 19.3 Å². The van der Waals surface area contributed by atoms with Gasteiger partial charge >= 0.3 is 0 Å². The zero-order valence-electron chi connectivity index (χ0n) is 10.8. The highest BCUT2D eigenvalue weighted by molar-refractivity contribution is 5.98. The Morgan fingerprint density at radius 2 is 1.95 bits per heavy atom. The molecule has 3 N–H and O–H groups in total. The van der Waals surface area contributed by atoms with Crippen molar-refractivity contribution in [2.75, 3.05) is 5.32 Å². The molecule has 0 aromatic heterocycles. The zero-order valence-corrected chi connectivity index (χ0v) is 10.8. The van der Waals surface area contributed by atoms with Gasteiger partial charge < -0.3 is 15.5 Å². The summed E-state index contributed by atoms with van der Waals surface area (Å²) in [5, 5.41) is 31.5. The van der Waals surface area contributed by atoms with Crippen LogP contribution in [0.2, 0.25) is 0 Å². The first-order chi connectivity index (χ1) is 9.69. The van der Waals surface area contributed by atoms with Gasteiger partial charge in [0.2, 0.25) is 5.91 Å². The number of hydrogen-bond donors (Lipinski definition) is 3. The molecule has 5 heteroatoms. The molecule has 20 heavy (non-hydrogen) atoms. The number of aliphatic hydroxyl groups excluding tert-OH is 2. The van der Waals surface area contributed by atoms with Crippen LogP contribution in [0.15, 0.2) is 30.3 Å². The Labute approximate surface area is 116 Å².